The molecule has 11 heavy (non-hydrogen) atoms. The zero-order chi connectivity index (χ0) is 8.27. The van der Waals surface area contributed by atoms with E-state index in [1.807, 2.05) is 0 Å². The van der Waals surface area contributed by atoms with Crippen molar-refractivity contribution in [3.8, 4) is 0 Å². The molecule has 1 aromatic rings. The standard InChI is InChI=1S/C6H6FNO2S/c7-6-3-1-2-5(8-6)4-11(9)10/h1-3H,4H2,(H,9,10). The van der Waals surface area contributed by atoms with Gasteiger partial charge < -0.3 is 4.55 Å². The monoisotopic (exact) mass is 175 g/mol. The van der Waals surface area contributed by atoms with Gasteiger partial charge in [0.2, 0.25) is 5.95 Å². The first kappa shape index (κ1) is 8.29. The average Bonchev–Trinajstić information content (AvgIpc) is 1.85. The Morgan fingerprint density at radius 3 is 2.91 bits per heavy atom. The fraction of sp³-hybridized carbons (Fsp3) is 0.167. The Labute approximate surface area is 65.6 Å². The van der Waals surface area contributed by atoms with E-state index in [9.17, 15) is 8.60 Å². The first-order valence-corrected chi connectivity index (χ1v) is 4.15. The van der Waals surface area contributed by atoms with Crippen LogP contribution in [0.25, 0.3) is 0 Å². The van der Waals surface area contributed by atoms with E-state index in [0.29, 0.717) is 0 Å². The van der Waals surface area contributed by atoms with Gasteiger partial charge in [0.25, 0.3) is 0 Å². The number of halogens is 1. The van der Waals surface area contributed by atoms with Crippen LogP contribution in [-0.4, -0.2) is 13.7 Å². The average molecular weight is 175 g/mol. The predicted octanol–water partition coefficient (Wildman–Crippen LogP) is 0.942. The van der Waals surface area contributed by atoms with Crippen molar-refractivity contribution in [3.63, 3.8) is 0 Å². The van der Waals surface area contributed by atoms with E-state index in [1.165, 1.54) is 18.2 Å². The van der Waals surface area contributed by atoms with Crippen LogP contribution in [0.15, 0.2) is 18.2 Å². The molecule has 0 fully saturated rings. The molecule has 3 nitrogen and oxygen atoms in total. The third kappa shape index (κ3) is 2.73. The Morgan fingerprint density at radius 2 is 2.36 bits per heavy atom. The number of aromatic nitrogens is 1. The second-order valence-corrected chi connectivity index (χ2v) is 2.85. The lowest BCUT2D eigenvalue weighted by Gasteiger charge is -1.94. The quantitative estimate of drug-likeness (QED) is 0.537. The van der Waals surface area contributed by atoms with Gasteiger partial charge in [0.15, 0.2) is 11.1 Å². The Kier molecular flexibility index (Phi) is 2.67. The summed E-state index contributed by atoms with van der Waals surface area (Å²) in [5.41, 5.74) is 0.283. The smallest absolute Gasteiger partial charge is 0.213 e. The van der Waals surface area contributed by atoms with Crippen LogP contribution >= 0.6 is 0 Å². The van der Waals surface area contributed by atoms with Crippen LogP contribution < -0.4 is 0 Å². The van der Waals surface area contributed by atoms with Crippen LogP contribution in [-0.2, 0) is 16.8 Å². The second-order valence-electron chi connectivity index (χ2n) is 1.92. The van der Waals surface area contributed by atoms with Crippen LogP contribution in [0.2, 0.25) is 0 Å². The van der Waals surface area contributed by atoms with E-state index in [4.69, 9.17) is 4.55 Å². The molecule has 1 rings (SSSR count). The molecule has 0 bridgehead atoms. The molecule has 0 aliphatic rings. The lowest BCUT2D eigenvalue weighted by molar-refractivity contribution is 0.558. The van der Waals surface area contributed by atoms with Gasteiger partial charge in [0.1, 0.15) is 0 Å². The molecule has 1 aromatic heterocycles. The molecule has 60 valence electrons. The Hall–Kier alpha value is -0.810. The van der Waals surface area contributed by atoms with E-state index in [1.54, 1.807) is 0 Å². The molecule has 0 spiro atoms. The van der Waals surface area contributed by atoms with E-state index in [2.05, 4.69) is 4.98 Å². The highest BCUT2D eigenvalue weighted by Crippen LogP contribution is 1.99. The summed E-state index contributed by atoms with van der Waals surface area (Å²) >= 11 is -1.95. The molecule has 0 saturated carbocycles. The van der Waals surface area contributed by atoms with Crippen LogP contribution in [0, 0.1) is 5.95 Å². The largest absolute Gasteiger partial charge is 0.306 e. The summed E-state index contributed by atoms with van der Waals surface area (Å²) in [5, 5.41) is 0. The second kappa shape index (κ2) is 3.54. The fourth-order valence-electron chi connectivity index (χ4n) is 0.657. The summed E-state index contributed by atoms with van der Waals surface area (Å²) in [6.07, 6.45) is 0. The minimum Gasteiger partial charge on any atom is -0.306 e. The summed E-state index contributed by atoms with van der Waals surface area (Å²) in [5.74, 6) is -0.759. The third-order valence-electron chi connectivity index (χ3n) is 1.04. The van der Waals surface area contributed by atoms with Crippen molar-refractivity contribution in [2.24, 2.45) is 0 Å². The number of nitrogens with zero attached hydrogens (tertiary/aromatic N) is 1. The lowest BCUT2D eigenvalue weighted by Crippen LogP contribution is -1.97. The van der Waals surface area contributed by atoms with Crippen molar-refractivity contribution in [2.45, 2.75) is 5.75 Å². The minimum atomic E-state index is -1.95. The molecule has 0 saturated heterocycles. The molecule has 0 radical (unpaired) electrons. The van der Waals surface area contributed by atoms with Crippen molar-refractivity contribution >= 4 is 11.1 Å². The number of hydrogen-bond acceptors (Lipinski definition) is 2. The maximum atomic E-state index is 12.3. The Morgan fingerprint density at radius 1 is 1.64 bits per heavy atom. The highest BCUT2D eigenvalue weighted by molar-refractivity contribution is 7.78. The summed E-state index contributed by atoms with van der Waals surface area (Å²) in [4.78, 5) is 3.39. The fourth-order valence-corrected chi connectivity index (χ4v) is 1.07. The summed E-state index contributed by atoms with van der Waals surface area (Å²) in [7, 11) is 0. The van der Waals surface area contributed by atoms with Gasteiger partial charge >= 0.3 is 0 Å². The van der Waals surface area contributed by atoms with Crippen molar-refractivity contribution in [1.82, 2.24) is 4.98 Å². The molecule has 0 aromatic carbocycles. The van der Waals surface area contributed by atoms with Gasteiger partial charge in [-0.1, -0.05) is 6.07 Å². The van der Waals surface area contributed by atoms with Crippen molar-refractivity contribution in [1.29, 1.82) is 0 Å². The van der Waals surface area contributed by atoms with Gasteiger partial charge in [-0.15, -0.1) is 0 Å². The molecular formula is C6H6FNO2S. The number of hydrogen-bond donors (Lipinski definition) is 1. The van der Waals surface area contributed by atoms with Crippen LogP contribution in [0.3, 0.4) is 0 Å². The highest BCUT2D eigenvalue weighted by Gasteiger charge is 1.99. The van der Waals surface area contributed by atoms with Gasteiger partial charge in [0, 0.05) is 0 Å². The van der Waals surface area contributed by atoms with Crippen LogP contribution in [0.4, 0.5) is 4.39 Å². The van der Waals surface area contributed by atoms with E-state index >= 15 is 0 Å². The number of pyridine rings is 1. The molecule has 0 aliphatic heterocycles. The molecule has 1 atom stereocenters. The van der Waals surface area contributed by atoms with E-state index in [-0.39, 0.29) is 11.4 Å². The summed E-state index contributed by atoms with van der Waals surface area (Å²) < 4.78 is 31.0. The zero-order valence-electron chi connectivity index (χ0n) is 5.53. The Bertz CT molecular complexity index is 279. The van der Waals surface area contributed by atoms with Crippen LogP contribution in [0.5, 0.6) is 0 Å². The Balaban J connectivity index is 2.79. The maximum Gasteiger partial charge on any atom is 0.213 e. The van der Waals surface area contributed by atoms with Crippen molar-refractivity contribution in [2.75, 3.05) is 0 Å². The predicted molar refractivity (Wildman–Crippen MR) is 38.7 cm³/mol. The van der Waals surface area contributed by atoms with Gasteiger partial charge in [0.05, 0.1) is 11.4 Å². The SMILES string of the molecule is O=S(O)Cc1cccc(F)n1. The first-order chi connectivity index (χ1) is 5.18. The van der Waals surface area contributed by atoms with Gasteiger partial charge in [-0.2, -0.15) is 4.39 Å². The van der Waals surface area contributed by atoms with Crippen molar-refractivity contribution in [3.05, 3.63) is 29.8 Å². The summed E-state index contributed by atoms with van der Waals surface area (Å²) in [6, 6.07) is 4.13. The van der Waals surface area contributed by atoms with Gasteiger partial charge in [-0.25, -0.2) is 9.19 Å². The van der Waals surface area contributed by atoms with Crippen LogP contribution in [0.1, 0.15) is 5.69 Å². The molecule has 1 N–H and O–H groups in total. The molecule has 1 unspecified atom stereocenters. The van der Waals surface area contributed by atoms with Crippen molar-refractivity contribution < 1.29 is 13.2 Å². The number of rotatable bonds is 2. The summed E-state index contributed by atoms with van der Waals surface area (Å²) in [6.45, 7) is 0. The first-order valence-electron chi connectivity index (χ1n) is 2.87. The van der Waals surface area contributed by atoms with Gasteiger partial charge in [-0.3, -0.25) is 0 Å². The minimum absolute atomic E-state index is 0.127. The normalized spacial score (nSPS) is 12.9. The van der Waals surface area contributed by atoms with E-state index in [0.717, 1.165) is 0 Å². The van der Waals surface area contributed by atoms with E-state index < -0.39 is 17.0 Å². The van der Waals surface area contributed by atoms with Gasteiger partial charge in [-0.05, 0) is 12.1 Å². The molecule has 1 heterocycles. The highest BCUT2D eigenvalue weighted by atomic mass is 32.2. The third-order valence-corrected chi connectivity index (χ3v) is 1.59. The molecule has 0 aliphatic carbocycles. The zero-order valence-corrected chi connectivity index (χ0v) is 6.34. The molecule has 0 amide bonds. The maximum absolute atomic E-state index is 12.3. The molecule has 5 heteroatoms. The topological polar surface area (TPSA) is 50.2 Å². The lowest BCUT2D eigenvalue weighted by atomic mass is 10.4. The molecular weight excluding hydrogens is 169 g/mol.